The first-order chi connectivity index (χ1) is 9.78. The van der Waals surface area contributed by atoms with Gasteiger partial charge in [0.25, 0.3) is 0 Å². The van der Waals surface area contributed by atoms with E-state index in [0.29, 0.717) is 6.54 Å². The number of hydrogen-bond donors (Lipinski definition) is 1. The number of anilines is 1. The zero-order chi connectivity index (χ0) is 13.9. The van der Waals surface area contributed by atoms with Crippen molar-refractivity contribution in [2.75, 3.05) is 12.4 Å². The van der Waals surface area contributed by atoms with Crippen LogP contribution < -0.4 is 10.1 Å². The van der Waals surface area contributed by atoms with Gasteiger partial charge in [0.15, 0.2) is 0 Å². The third-order valence-electron chi connectivity index (χ3n) is 3.31. The highest BCUT2D eigenvalue weighted by atomic mass is 16.5. The van der Waals surface area contributed by atoms with Crippen molar-refractivity contribution in [3.05, 3.63) is 48.7 Å². The number of methoxy groups -OCH3 is 1. The van der Waals surface area contributed by atoms with Gasteiger partial charge in [0.1, 0.15) is 17.4 Å². The van der Waals surface area contributed by atoms with E-state index < -0.39 is 0 Å². The second-order valence-corrected chi connectivity index (χ2v) is 4.55. The summed E-state index contributed by atoms with van der Waals surface area (Å²) < 4.78 is 7.23. The Balaban J connectivity index is 1.90. The summed E-state index contributed by atoms with van der Waals surface area (Å²) in [5.74, 6) is 2.67. The smallest absolute Gasteiger partial charge is 0.134 e. The van der Waals surface area contributed by atoms with E-state index in [2.05, 4.69) is 15.3 Å². The maximum atomic E-state index is 5.24. The van der Waals surface area contributed by atoms with Crippen LogP contribution in [0.4, 0.5) is 5.82 Å². The maximum absolute atomic E-state index is 5.24. The zero-order valence-corrected chi connectivity index (χ0v) is 11.5. The molecule has 0 aliphatic heterocycles. The summed E-state index contributed by atoms with van der Waals surface area (Å²) in [7, 11) is 3.65. The fraction of sp³-hybridized carbons (Fsp3) is 0.200. The predicted molar refractivity (Wildman–Crippen MR) is 78.8 cm³/mol. The van der Waals surface area contributed by atoms with Crippen molar-refractivity contribution in [3.63, 3.8) is 0 Å². The van der Waals surface area contributed by atoms with E-state index in [-0.39, 0.29) is 0 Å². The van der Waals surface area contributed by atoms with Crippen LogP contribution in [0.2, 0.25) is 0 Å². The van der Waals surface area contributed by atoms with Gasteiger partial charge in [0.05, 0.1) is 13.7 Å². The number of rotatable bonds is 4. The summed E-state index contributed by atoms with van der Waals surface area (Å²) >= 11 is 0. The molecule has 102 valence electrons. The van der Waals surface area contributed by atoms with Crippen molar-refractivity contribution in [1.29, 1.82) is 0 Å². The first-order valence-electron chi connectivity index (χ1n) is 6.41. The molecule has 0 radical (unpaired) electrons. The van der Waals surface area contributed by atoms with Crippen LogP contribution in [0.15, 0.2) is 42.9 Å². The molecule has 0 saturated carbocycles. The van der Waals surface area contributed by atoms with Crippen molar-refractivity contribution in [1.82, 2.24) is 14.5 Å². The number of benzene rings is 1. The van der Waals surface area contributed by atoms with Gasteiger partial charge in [-0.05, 0) is 29.7 Å². The first-order valence-corrected chi connectivity index (χ1v) is 6.41. The van der Waals surface area contributed by atoms with Crippen LogP contribution in [0.3, 0.4) is 0 Å². The Morgan fingerprint density at radius 1 is 1.20 bits per heavy atom. The Kier molecular flexibility index (Phi) is 3.25. The maximum Gasteiger partial charge on any atom is 0.134 e. The molecule has 0 fully saturated rings. The summed E-state index contributed by atoms with van der Waals surface area (Å²) in [4.78, 5) is 8.69. The van der Waals surface area contributed by atoms with Crippen molar-refractivity contribution >= 4 is 16.6 Å². The van der Waals surface area contributed by atoms with Crippen molar-refractivity contribution in [2.24, 2.45) is 7.05 Å². The number of fused-ring (bicyclic) bond motifs is 1. The number of ether oxygens (including phenoxy) is 1. The molecule has 0 atom stereocenters. The minimum atomic E-state index is 0.641. The summed E-state index contributed by atoms with van der Waals surface area (Å²) in [5, 5.41) is 5.50. The molecule has 2 aromatic heterocycles. The molecular weight excluding hydrogens is 252 g/mol. The molecule has 0 aliphatic carbocycles. The van der Waals surface area contributed by atoms with Crippen molar-refractivity contribution < 1.29 is 4.74 Å². The van der Waals surface area contributed by atoms with Crippen LogP contribution in [0, 0.1) is 0 Å². The number of nitrogens with zero attached hydrogens (tertiary/aromatic N) is 3. The lowest BCUT2D eigenvalue weighted by Gasteiger charge is -2.09. The van der Waals surface area contributed by atoms with Gasteiger partial charge in [0.2, 0.25) is 0 Å². The first kappa shape index (κ1) is 12.5. The van der Waals surface area contributed by atoms with E-state index in [0.717, 1.165) is 28.2 Å². The lowest BCUT2D eigenvalue weighted by molar-refractivity contribution is 0.415. The monoisotopic (exact) mass is 268 g/mol. The molecule has 5 nitrogen and oxygen atoms in total. The van der Waals surface area contributed by atoms with Crippen LogP contribution in [-0.4, -0.2) is 21.6 Å². The van der Waals surface area contributed by atoms with Crippen LogP contribution >= 0.6 is 0 Å². The van der Waals surface area contributed by atoms with Crippen LogP contribution in [0.5, 0.6) is 5.75 Å². The van der Waals surface area contributed by atoms with Gasteiger partial charge in [-0.15, -0.1) is 0 Å². The average Bonchev–Trinajstić information content (AvgIpc) is 2.89. The van der Waals surface area contributed by atoms with Crippen molar-refractivity contribution in [3.8, 4) is 5.75 Å². The number of imidazole rings is 1. The molecule has 1 N–H and O–H groups in total. The third kappa shape index (κ3) is 2.30. The number of aromatic nitrogens is 3. The molecule has 3 rings (SSSR count). The van der Waals surface area contributed by atoms with Crippen LogP contribution in [0.25, 0.3) is 10.8 Å². The Bertz CT molecular complexity index is 736. The van der Waals surface area contributed by atoms with E-state index in [4.69, 9.17) is 4.74 Å². The van der Waals surface area contributed by atoms with Gasteiger partial charge in [-0.25, -0.2) is 9.97 Å². The molecule has 1 aromatic carbocycles. The quantitative estimate of drug-likeness (QED) is 0.790. The van der Waals surface area contributed by atoms with E-state index in [1.807, 2.05) is 42.1 Å². The van der Waals surface area contributed by atoms with E-state index >= 15 is 0 Å². The largest absolute Gasteiger partial charge is 0.497 e. The number of hydrogen-bond acceptors (Lipinski definition) is 4. The highest BCUT2D eigenvalue weighted by Crippen LogP contribution is 2.25. The highest BCUT2D eigenvalue weighted by molar-refractivity contribution is 5.92. The lowest BCUT2D eigenvalue weighted by atomic mass is 10.1. The Hall–Kier alpha value is -2.56. The third-order valence-corrected chi connectivity index (χ3v) is 3.31. The molecule has 0 saturated heterocycles. The molecule has 2 heterocycles. The summed E-state index contributed by atoms with van der Waals surface area (Å²) in [5.41, 5.74) is 0. The number of nitrogens with one attached hydrogen (secondary N) is 1. The van der Waals surface area contributed by atoms with Gasteiger partial charge in [-0.1, -0.05) is 0 Å². The second-order valence-electron chi connectivity index (χ2n) is 4.55. The molecule has 0 unspecified atom stereocenters. The second kappa shape index (κ2) is 5.21. The van der Waals surface area contributed by atoms with E-state index in [1.165, 1.54) is 0 Å². The molecular formula is C15H16N4O. The van der Waals surface area contributed by atoms with Gasteiger partial charge in [-0.3, -0.25) is 0 Å². The number of pyridine rings is 1. The summed E-state index contributed by atoms with van der Waals surface area (Å²) in [6.07, 6.45) is 5.51. The molecule has 0 spiro atoms. The standard InChI is InChI=1S/C15H16N4O/c1-19-8-7-16-14(19)10-18-15-13-4-3-12(20-2)9-11(13)5-6-17-15/h3-9H,10H2,1-2H3,(H,17,18). The van der Waals surface area contributed by atoms with Crippen LogP contribution in [-0.2, 0) is 13.6 Å². The fourth-order valence-corrected chi connectivity index (χ4v) is 2.15. The molecule has 3 aromatic rings. The SMILES string of the molecule is COc1ccc2c(NCc3nccn3C)nccc2c1. The summed E-state index contributed by atoms with van der Waals surface area (Å²) in [6.45, 7) is 0.641. The molecule has 0 amide bonds. The Morgan fingerprint density at radius 2 is 2.10 bits per heavy atom. The van der Waals surface area contributed by atoms with Crippen LogP contribution in [0.1, 0.15) is 5.82 Å². The van der Waals surface area contributed by atoms with Gasteiger partial charge < -0.3 is 14.6 Å². The normalized spacial score (nSPS) is 10.7. The van der Waals surface area contributed by atoms with Crippen molar-refractivity contribution in [2.45, 2.75) is 6.54 Å². The Labute approximate surface area is 117 Å². The molecule has 0 aliphatic rings. The van der Waals surface area contributed by atoms with Gasteiger partial charge >= 0.3 is 0 Å². The lowest BCUT2D eigenvalue weighted by Crippen LogP contribution is -2.07. The summed E-state index contributed by atoms with van der Waals surface area (Å²) in [6, 6.07) is 7.94. The van der Waals surface area contributed by atoms with E-state index in [1.54, 1.807) is 19.5 Å². The number of aryl methyl sites for hydroxylation is 1. The minimum absolute atomic E-state index is 0.641. The zero-order valence-electron chi connectivity index (χ0n) is 11.5. The van der Waals surface area contributed by atoms with Gasteiger partial charge in [0, 0.05) is 31.0 Å². The molecule has 20 heavy (non-hydrogen) atoms. The highest BCUT2D eigenvalue weighted by Gasteiger charge is 2.05. The average molecular weight is 268 g/mol. The van der Waals surface area contributed by atoms with Gasteiger partial charge in [-0.2, -0.15) is 0 Å². The minimum Gasteiger partial charge on any atom is -0.497 e. The Morgan fingerprint density at radius 3 is 2.85 bits per heavy atom. The predicted octanol–water partition coefficient (Wildman–Crippen LogP) is 2.59. The van der Waals surface area contributed by atoms with E-state index in [9.17, 15) is 0 Å². The fourth-order valence-electron chi connectivity index (χ4n) is 2.15. The molecule has 5 heteroatoms. The topological polar surface area (TPSA) is 52.0 Å². The molecule has 0 bridgehead atoms.